The molecule has 2 heterocycles. The molecule has 0 unspecified atom stereocenters. The smallest absolute Gasteiger partial charge is 0.0470 e. The Balaban J connectivity index is 1.63. The molecule has 0 amide bonds. The molecule has 0 saturated carbocycles. The summed E-state index contributed by atoms with van der Waals surface area (Å²) in [5.74, 6) is 0. The number of fused-ring (bicyclic) bond motifs is 1. The van der Waals surface area contributed by atoms with Crippen molar-refractivity contribution in [2.75, 3.05) is 18.0 Å². The van der Waals surface area contributed by atoms with E-state index in [2.05, 4.69) is 70.6 Å². The number of anilines is 1. The van der Waals surface area contributed by atoms with Gasteiger partial charge in [-0.2, -0.15) is 0 Å². The highest BCUT2D eigenvalue weighted by Crippen LogP contribution is 2.25. The first-order valence-electron chi connectivity index (χ1n) is 8.76. The second kappa shape index (κ2) is 6.88. The van der Waals surface area contributed by atoms with Crippen molar-refractivity contribution in [3.8, 4) is 0 Å². The first-order valence-corrected chi connectivity index (χ1v) is 8.76. The van der Waals surface area contributed by atoms with Crippen molar-refractivity contribution >= 4 is 28.6 Å². The molecule has 0 atom stereocenters. The third-order valence-electron chi connectivity index (χ3n) is 4.75. The largest absolute Gasteiger partial charge is 0.371 e. The van der Waals surface area contributed by atoms with Crippen LogP contribution in [0, 0.1) is 0 Å². The van der Waals surface area contributed by atoms with E-state index in [0.29, 0.717) is 0 Å². The average Bonchev–Trinajstić information content (AvgIpc) is 2.67. The van der Waals surface area contributed by atoms with Crippen LogP contribution in [0.5, 0.6) is 0 Å². The molecule has 1 fully saturated rings. The van der Waals surface area contributed by atoms with Gasteiger partial charge < -0.3 is 4.90 Å². The molecule has 2 nitrogen and oxygen atoms in total. The lowest BCUT2D eigenvalue weighted by Gasteiger charge is -2.29. The van der Waals surface area contributed by atoms with Crippen LogP contribution in [0.3, 0.4) is 0 Å². The van der Waals surface area contributed by atoms with Gasteiger partial charge in [-0.25, -0.2) is 0 Å². The summed E-state index contributed by atoms with van der Waals surface area (Å²) in [6.45, 7) is 2.31. The van der Waals surface area contributed by atoms with E-state index >= 15 is 0 Å². The molecule has 0 radical (unpaired) electrons. The highest BCUT2D eigenvalue weighted by atomic mass is 15.1. The van der Waals surface area contributed by atoms with Gasteiger partial charge in [-0.3, -0.25) is 4.98 Å². The molecule has 1 saturated heterocycles. The van der Waals surface area contributed by atoms with E-state index < -0.39 is 0 Å². The molecule has 2 aromatic carbocycles. The van der Waals surface area contributed by atoms with E-state index in [9.17, 15) is 0 Å². The van der Waals surface area contributed by atoms with Crippen LogP contribution in [-0.4, -0.2) is 18.1 Å². The summed E-state index contributed by atoms with van der Waals surface area (Å²) < 4.78 is 0. The van der Waals surface area contributed by atoms with Gasteiger partial charge in [0.15, 0.2) is 0 Å². The molecule has 1 aromatic heterocycles. The fourth-order valence-corrected chi connectivity index (χ4v) is 3.45. The lowest BCUT2D eigenvalue weighted by Crippen LogP contribution is -2.29. The predicted molar refractivity (Wildman–Crippen MR) is 103 cm³/mol. The highest BCUT2D eigenvalue weighted by molar-refractivity contribution is 5.86. The maximum atomic E-state index is 4.32. The number of piperidine rings is 1. The number of hydrogen-bond acceptors (Lipinski definition) is 2. The molecule has 0 bridgehead atoms. The van der Waals surface area contributed by atoms with Crippen molar-refractivity contribution in [1.82, 2.24) is 4.98 Å². The topological polar surface area (TPSA) is 16.1 Å². The van der Waals surface area contributed by atoms with Crippen LogP contribution in [0.2, 0.25) is 0 Å². The maximum absolute atomic E-state index is 4.32. The highest BCUT2D eigenvalue weighted by Gasteiger charge is 2.13. The van der Waals surface area contributed by atoms with Crippen molar-refractivity contribution < 1.29 is 0 Å². The van der Waals surface area contributed by atoms with Crippen LogP contribution in [0.25, 0.3) is 22.9 Å². The van der Waals surface area contributed by atoms with Gasteiger partial charge in [0.25, 0.3) is 0 Å². The second-order valence-corrected chi connectivity index (χ2v) is 6.42. The first-order chi connectivity index (χ1) is 11.9. The monoisotopic (exact) mass is 314 g/mol. The number of pyridine rings is 1. The fraction of sp³-hybridized carbons (Fsp3) is 0.227. The molecule has 2 heteroatoms. The Morgan fingerprint density at radius 1 is 0.833 bits per heavy atom. The Bertz CT molecular complexity index is 860. The molecule has 0 N–H and O–H groups in total. The van der Waals surface area contributed by atoms with Gasteiger partial charge in [0, 0.05) is 36.7 Å². The normalized spacial score (nSPS) is 15.2. The lowest BCUT2D eigenvalue weighted by atomic mass is 10.1. The van der Waals surface area contributed by atoms with Gasteiger partial charge >= 0.3 is 0 Å². The SMILES string of the molecule is C(=C/c1cnccc1N1CCCCC1)/c1ccc2ccccc2c1. The number of rotatable bonds is 3. The van der Waals surface area contributed by atoms with Crippen LogP contribution in [0.1, 0.15) is 30.4 Å². The molecule has 4 rings (SSSR count). The summed E-state index contributed by atoms with van der Waals surface area (Å²) >= 11 is 0. The van der Waals surface area contributed by atoms with Crippen molar-refractivity contribution in [3.63, 3.8) is 0 Å². The van der Waals surface area contributed by atoms with E-state index in [1.807, 2.05) is 12.4 Å². The third-order valence-corrected chi connectivity index (χ3v) is 4.75. The van der Waals surface area contributed by atoms with Crippen LogP contribution >= 0.6 is 0 Å². The Morgan fingerprint density at radius 2 is 1.67 bits per heavy atom. The summed E-state index contributed by atoms with van der Waals surface area (Å²) in [4.78, 5) is 6.82. The molecule has 0 spiro atoms. The average molecular weight is 314 g/mol. The van der Waals surface area contributed by atoms with E-state index in [4.69, 9.17) is 0 Å². The van der Waals surface area contributed by atoms with Crippen LogP contribution in [-0.2, 0) is 0 Å². The standard InChI is InChI=1S/C22H22N2/c1-4-14-24(15-5-1)22-12-13-23-17-21(22)11-9-18-8-10-19-6-2-3-7-20(19)16-18/h2-3,6-13,16-17H,1,4-5,14-15H2/b11-9-. The second-order valence-electron chi connectivity index (χ2n) is 6.42. The number of hydrogen-bond donors (Lipinski definition) is 0. The molecule has 0 aliphatic carbocycles. The van der Waals surface area contributed by atoms with Gasteiger partial charge in [0.05, 0.1) is 0 Å². The quantitative estimate of drug-likeness (QED) is 0.644. The van der Waals surface area contributed by atoms with Gasteiger partial charge in [-0.05, 0) is 47.7 Å². The minimum atomic E-state index is 1.15. The van der Waals surface area contributed by atoms with Gasteiger partial charge in [-0.15, -0.1) is 0 Å². The van der Waals surface area contributed by atoms with Crippen molar-refractivity contribution in [3.05, 3.63) is 72.1 Å². The third kappa shape index (κ3) is 3.18. The minimum Gasteiger partial charge on any atom is -0.371 e. The van der Waals surface area contributed by atoms with Crippen LogP contribution < -0.4 is 4.90 Å². The van der Waals surface area contributed by atoms with Crippen molar-refractivity contribution in [2.45, 2.75) is 19.3 Å². The van der Waals surface area contributed by atoms with E-state index in [-0.39, 0.29) is 0 Å². The summed E-state index contributed by atoms with van der Waals surface area (Å²) in [5.41, 5.74) is 3.73. The molecule has 1 aliphatic heterocycles. The van der Waals surface area contributed by atoms with Gasteiger partial charge in [0.2, 0.25) is 0 Å². The molecule has 120 valence electrons. The van der Waals surface area contributed by atoms with Gasteiger partial charge in [0.1, 0.15) is 0 Å². The number of nitrogens with zero attached hydrogens (tertiary/aromatic N) is 2. The van der Waals surface area contributed by atoms with Crippen LogP contribution in [0.15, 0.2) is 60.9 Å². The molecule has 24 heavy (non-hydrogen) atoms. The number of aromatic nitrogens is 1. The Hall–Kier alpha value is -2.61. The zero-order valence-corrected chi connectivity index (χ0v) is 13.9. The molecule has 3 aromatic rings. The first kappa shape index (κ1) is 14.9. The Kier molecular flexibility index (Phi) is 4.28. The Morgan fingerprint density at radius 3 is 2.54 bits per heavy atom. The van der Waals surface area contributed by atoms with Crippen molar-refractivity contribution in [1.29, 1.82) is 0 Å². The Labute approximate surface area is 143 Å². The van der Waals surface area contributed by atoms with Crippen LogP contribution in [0.4, 0.5) is 5.69 Å². The van der Waals surface area contributed by atoms with E-state index in [1.54, 1.807) is 0 Å². The van der Waals surface area contributed by atoms with E-state index in [1.165, 1.54) is 46.8 Å². The van der Waals surface area contributed by atoms with E-state index in [0.717, 1.165) is 13.1 Å². The molecule has 1 aliphatic rings. The zero-order chi connectivity index (χ0) is 16.2. The minimum absolute atomic E-state index is 1.15. The fourth-order valence-electron chi connectivity index (χ4n) is 3.45. The number of benzene rings is 2. The van der Waals surface area contributed by atoms with Crippen molar-refractivity contribution in [2.24, 2.45) is 0 Å². The lowest BCUT2D eigenvalue weighted by molar-refractivity contribution is 0.577. The summed E-state index contributed by atoms with van der Waals surface area (Å²) in [5, 5.41) is 2.56. The maximum Gasteiger partial charge on any atom is 0.0470 e. The molecular weight excluding hydrogens is 292 g/mol. The predicted octanol–water partition coefficient (Wildman–Crippen LogP) is 5.40. The summed E-state index contributed by atoms with van der Waals surface area (Å²) in [7, 11) is 0. The molecular formula is C22H22N2. The summed E-state index contributed by atoms with van der Waals surface area (Å²) in [6, 6.07) is 17.2. The zero-order valence-electron chi connectivity index (χ0n) is 13.9. The van der Waals surface area contributed by atoms with Gasteiger partial charge in [-0.1, -0.05) is 48.6 Å². The summed E-state index contributed by atoms with van der Waals surface area (Å²) in [6.07, 6.45) is 12.2.